The van der Waals surface area contributed by atoms with E-state index in [4.69, 9.17) is 11.6 Å². The normalized spacial score (nSPS) is 9.92. The van der Waals surface area contributed by atoms with Gasteiger partial charge in [0.15, 0.2) is 0 Å². The third kappa shape index (κ3) is 2.50. The first-order chi connectivity index (χ1) is 5.59. The molecule has 1 aromatic rings. The molecule has 0 aliphatic rings. The van der Waals surface area contributed by atoms with Crippen LogP contribution in [0.25, 0.3) is 0 Å². The first kappa shape index (κ1) is 9.55. The number of carbonyl (C=O) groups excluding carboxylic acids is 1. The number of hydrogen-bond acceptors (Lipinski definition) is 3. The molecular formula is C8H10ClNOS. The highest BCUT2D eigenvalue weighted by Crippen LogP contribution is 2.26. The number of aryl methyl sites for hydroxylation is 2. The summed E-state index contributed by atoms with van der Waals surface area (Å²) in [5.74, 6) is 0. The Morgan fingerprint density at radius 3 is 2.75 bits per heavy atom. The van der Waals surface area contributed by atoms with Crippen LogP contribution in [0.5, 0.6) is 0 Å². The summed E-state index contributed by atoms with van der Waals surface area (Å²) in [5.41, 5.74) is 1.16. The quantitative estimate of drug-likeness (QED) is 0.766. The minimum atomic E-state index is -0.361. The van der Waals surface area contributed by atoms with Crippen molar-refractivity contribution in [3.63, 3.8) is 0 Å². The zero-order valence-corrected chi connectivity index (χ0v) is 8.55. The SMILES string of the molecule is Cc1cc(C)c(NCC(=O)Cl)s1. The number of rotatable bonds is 3. The van der Waals surface area contributed by atoms with Gasteiger partial charge in [-0.1, -0.05) is 0 Å². The summed E-state index contributed by atoms with van der Waals surface area (Å²) < 4.78 is 0. The second-order valence-corrected chi connectivity index (χ2v) is 4.26. The van der Waals surface area contributed by atoms with Gasteiger partial charge in [-0.2, -0.15) is 0 Å². The Balaban J connectivity index is 2.62. The smallest absolute Gasteiger partial charge is 0.240 e. The van der Waals surface area contributed by atoms with E-state index in [0.29, 0.717) is 0 Å². The van der Waals surface area contributed by atoms with Crippen molar-refractivity contribution in [2.24, 2.45) is 0 Å². The van der Waals surface area contributed by atoms with Gasteiger partial charge in [-0.25, -0.2) is 0 Å². The predicted octanol–water partition coefficient (Wildman–Crippen LogP) is 2.54. The molecule has 1 heterocycles. The van der Waals surface area contributed by atoms with Crippen LogP contribution in [0.2, 0.25) is 0 Å². The first-order valence-corrected chi connectivity index (χ1v) is 4.78. The number of thiophene rings is 1. The van der Waals surface area contributed by atoms with Crippen molar-refractivity contribution in [3.8, 4) is 0 Å². The molecule has 1 aromatic heterocycles. The van der Waals surface area contributed by atoms with Crippen molar-refractivity contribution in [1.29, 1.82) is 0 Å². The van der Waals surface area contributed by atoms with Gasteiger partial charge in [0.05, 0.1) is 11.5 Å². The molecule has 66 valence electrons. The number of halogens is 1. The molecule has 0 fully saturated rings. The molecule has 0 bridgehead atoms. The van der Waals surface area contributed by atoms with E-state index < -0.39 is 0 Å². The fourth-order valence-corrected chi connectivity index (χ4v) is 1.96. The van der Waals surface area contributed by atoms with Gasteiger partial charge in [-0.15, -0.1) is 11.3 Å². The Morgan fingerprint density at radius 2 is 2.33 bits per heavy atom. The zero-order chi connectivity index (χ0) is 9.14. The maximum atomic E-state index is 10.4. The topological polar surface area (TPSA) is 29.1 Å². The summed E-state index contributed by atoms with van der Waals surface area (Å²) in [4.78, 5) is 11.7. The van der Waals surface area contributed by atoms with Crippen LogP contribution in [0.15, 0.2) is 6.07 Å². The molecular weight excluding hydrogens is 194 g/mol. The highest BCUT2D eigenvalue weighted by atomic mass is 35.5. The van der Waals surface area contributed by atoms with Crippen LogP contribution in [-0.4, -0.2) is 11.8 Å². The molecule has 0 spiro atoms. The molecule has 0 aliphatic heterocycles. The Hall–Kier alpha value is -0.540. The van der Waals surface area contributed by atoms with Crippen molar-refractivity contribution >= 4 is 33.2 Å². The van der Waals surface area contributed by atoms with Crippen LogP contribution in [0.4, 0.5) is 5.00 Å². The Labute approximate surface area is 80.5 Å². The number of carbonyl (C=O) groups is 1. The first-order valence-electron chi connectivity index (χ1n) is 3.59. The molecule has 0 saturated carbocycles. The van der Waals surface area contributed by atoms with Crippen molar-refractivity contribution < 1.29 is 4.79 Å². The third-order valence-electron chi connectivity index (χ3n) is 1.43. The van der Waals surface area contributed by atoms with Gasteiger partial charge < -0.3 is 5.32 Å². The number of hydrogen-bond donors (Lipinski definition) is 1. The molecule has 0 atom stereocenters. The van der Waals surface area contributed by atoms with Crippen LogP contribution in [0.1, 0.15) is 10.4 Å². The molecule has 0 amide bonds. The summed E-state index contributed by atoms with van der Waals surface area (Å²) >= 11 is 6.82. The largest absolute Gasteiger partial charge is 0.368 e. The van der Waals surface area contributed by atoms with Crippen molar-refractivity contribution in [2.75, 3.05) is 11.9 Å². The fourth-order valence-electron chi connectivity index (χ4n) is 0.967. The van der Waals surface area contributed by atoms with E-state index in [-0.39, 0.29) is 11.8 Å². The number of nitrogens with one attached hydrogen (secondary N) is 1. The molecule has 1 rings (SSSR count). The lowest BCUT2D eigenvalue weighted by atomic mass is 10.3. The molecule has 0 radical (unpaired) electrons. The van der Waals surface area contributed by atoms with E-state index in [1.807, 2.05) is 13.8 Å². The molecule has 0 unspecified atom stereocenters. The van der Waals surface area contributed by atoms with E-state index in [2.05, 4.69) is 11.4 Å². The van der Waals surface area contributed by atoms with Crippen LogP contribution >= 0.6 is 22.9 Å². The maximum Gasteiger partial charge on any atom is 0.240 e. The number of anilines is 1. The maximum absolute atomic E-state index is 10.4. The molecule has 4 heteroatoms. The average molecular weight is 204 g/mol. The Morgan fingerprint density at radius 1 is 1.67 bits per heavy atom. The lowest BCUT2D eigenvalue weighted by molar-refractivity contribution is -0.110. The van der Waals surface area contributed by atoms with E-state index >= 15 is 0 Å². The lowest BCUT2D eigenvalue weighted by Gasteiger charge is -1.99. The van der Waals surface area contributed by atoms with Crippen molar-refractivity contribution in [1.82, 2.24) is 0 Å². The minimum Gasteiger partial charge on any atom is -0.368 e. The molecule has 1 N–H and O–H groups in total. The van der Waals surface area contributed by atoms with Crippen LogP contribution in [0, 0.1) is 13.8 Å². The van der Waals surface area contributed by atoms with Gasteiger partial charge in [0, 0.05) is 4.88 Å². The molecule has 0 aliphatic carbocycles. The van der Waals surface area contributed by atoms with E-state index in [1.165, 1.54) is 4.88 Å². The molecule has 0 aromatic carbocycles. The molecule has 12 heavy (non-hydrogen) atoms. The van der Waals surface area contributed by atoms with Crippen molar-refractivity contribution in [3.05, 3.63) is 16.5 Å². The molecule has 0 saturated heterocycles. The highest BCUT2D eigenvalue weighted by molar-refractivity contribution is 7.16. The fraction of sp³-hybridized carbons (Fsp3) is 0.375. The predicted molar refractivity (Wildman–Crippen MR) is 53.1 cm³/mol. The van der Waals surface area contributed by atoms with Gasteiger partial charge in [0.25, 0.3) is 0 Å². The summed E-state index contributed by atoms with van der Waals surface area (Å²) in [6, 6.07) is 2.08. The van der Waals surface area contributed by atoms with Gasteiger partial charge in [0.2, 0.25) is 5.24 Å². The lowest BCUT2D eigenvalue weighted by Crippen LogP contribution is -2.07. The average Bonchev–Trinajstić information content (AvgIpc) is 2.26. The molecule has 2 nitrogen and oxygen atoms in total. The second-order valence-electron chi connectivity index (χ2n) is 2.58. The van der Waals surface area contributed by atoms with Crippen LogP contribution < -0.4 is 5.32 Å². The van der Waals surface area contributed by atoms with Crippen LogP contribution in [0.3, 0.4) is 0 Å². The third-order valence-corrected chi connectivity index (χ3v) is 2.67. The van der Waals surface area contributed by atoms with Gasteiger partial charge >= 0.3 is 0 Å². The van der Waals surface area contributed by atoms with E-state index in [0.717, 1.165) is 10.6 Å². The summed E-state index contributed by atoms with van der Waals surface area (Å²) in [7, 11) is 0. The summed E-state index contributed by atoms with van der Waals surface area (Å²) in [5, 5.41) is 3.64. The highest BCUT2D eigenvalue weighted by Gasteiger charge is 2.02. The monoisotopic (exact) mass is 203 g/mol. The van der Waals surface area contributed by atoms with Crippen molar-refractivity contribution in [2.45, 2.75) is 13.8 Å². The van der Waals surface area contributed by atoms with E-state index in [9.17, 15) is 4.79 Å². The van der Waals surface area contributed by atoms with Gasteiger partial charge in [-0.3, -0.25) is 4.79 Å². The second kappa shape index (κ2) is 3.92. The van der Waals surface area contributed by atoms with Gasteiger partial charge in [0.1, 0.15) is 0 Å². The Kier molecular flexibility index (Phi) is 3.12. The Bertz CT molecular complexity index is 295. The standard InChI is InChI=1S/C8H10ClNOS/c1-5-3-6(2)12-8(5)10-4-7(9)11/h3,10H,4H2,1-2H3. The van der Waals surface area contributed by atoms with E-state index in [1.54, 1.807) is 11.3 Å². The minimum absolute atomic E-state index is 0.197. The zero-order valence-electron chi connectivity index (χ0n) is 6.98. The summed E-state index contributed by atoms with van der Waals surface area (Å²) in [6.45, 7) is 4.23. The van der Waals surface area contributed by atoms with Crippen LogP contribution in [-0.2, 0) is 4.79 Å². The summed E-state index contributed by atoms with van der Waals surface area (Å²) in [6.07, 6.45) is 0. The van der Waals surface area contributed by atoms with Gasteiger partial charge in [-0.05, 0) is 37.1 Å².